The van der Waals surface area contributed by atoms with Crippen molar-refractivity contribution >= 4 is 21.4 Å². The zero-order chi connectivity index (χ0) is 13.9. The Labute approximate surface area is 112 Å². The number of hydrogen-bond donors (Lipinski definition) is 2. The van der Waals surface area contributed by atoms with E-state index in [0.717, 1.165) is 17.6 Å². The molecular formula is C12H16N4O2S. The second kappa shape index (κ2) is 5.31. The van der Waals surface area contributed by atoms with Gasteiger partial charge in [-0.15, -0.1) is 0 Å². The molecular weight excluding hydrogens is 264 g/mol. The van der Waals surface area contributed by atoms with Crippen molar-refractivity contribution in [1.82, 2.24) is 9.78 Å². The normalized spacial score (nSPS) is 11.3. The largest absolute Gasteiger partial charge is 0.378 e. The summed E-state index contributed by atoms with van der Waals surface area (Å²) < 4.78 is 26.8. The summed E-state index contributed by atoms with van der Waals surface area (Å²) in [5, 5.41) is 7.27. The summed E-state index contributed by atoms with van der Waals surface area (Å²) in [4.78, 5) is 0. The van der Waals surface area contributed by atoms with Gasteiger partial charge in [0.25, 0.3) is 0 Å². The first-order valence-corrected chi connectivity index (χ1v) is 7.62. The van der Waals surface area contributed by atoms with E-state index in [4.69, 9.17) is 0 Å². The van der Waals surface area contributed by atoms with Gasteiger partial charge in [0, 0.05) is 13.2 Å². The topological polar surface area (TPSA) is 76.0 Å². The van der Waals surface area contributed by atoms with Gasteiger partial charge >= 0.3 is 0 Å². The Kier molecular flexibility index (Phi) is 3.75. The summed E-state index contributed by atoms with van der Waals surface area (Å²) in [6.07, 6.45) is 2.85. The van der Waals surface area contributed by atoms with Gasteiger partial charge in [0.15, 0.2) is 0 Å². The third-order valence-electron chi connectivity index (χ3n) is 2.60. The van der Waals surface area contributed by atoms with Crippen LogP contribution in [-0.4, -0.2) is 24.5 Å². The van der Waals surface area contributed by atoms with Crippen molar-refractivity contribution in [3.8, 4) is 0 Å². The molecule has 1 aromatic heterocycles. The maximum absolute atomic E-state index is 11.3. The van der Waals surface area contributed by atoms with Gasteiger partial charge in [-0.3, -0.25) is 9.40 Å². The molecule has 0 unspecified atom stereocenters. The molecule has 7 heteroatoms. The standard InChI is InChI=1S/C12H16N4O2S/c1-16-10(7-8-14-16)9-13-11-5-3-4-6-12(11)15-19(2,17)18/h3-8,13,15H,9H2,1-2H3. The molecule has 0 aliphatic carbocycles. The molecule has 1 aromatic carbocycles. The highest BCUT2D eigenvalue weighted by atomic mass is 32.2. The van der Waals surface area contributed by atoms with Crippen LogP contribution in [0.4, 0.5) is 11.4 Å². The second-order valence-electron chi connectivity index (χ2n) is 4.22. The molecule has 0 spiro atoms. The summed E-state index contributed by atoms with van der Waals surface area (Å²) in [6, 6.07) is 9.07. The van der Waals surface area contributed by atoms with Gasteiger partial charge in [-0.25, -0.2) is 8.42 Å². The molecule has 0 fully saturated rings. The zero-order valence-electron chi connectivity index (χ0n) is 10.8. The van der Waals surface area contributed by atoms with Crippen LogP contribution in [0.25, 0.3) is 0 Å². The number of sulfonamides is 1. The fourth-order valence-electron chi connectivity index (χ4n) is 1.69. The summed E-state index contributed by atoms with van der Waals surface area (Å²) in [5.74, 6) is 0. The fraction of sp³-hybridized carbons (Fsp3) is 0.250. The van der Waals surface area contributed by atoms with Crippen LogP contribution < -0.4 is 10.0 Å². The number of nitrogens with one attached hydrogen (secondary N) is 2. The Hall–Kier alpha value is -2.02. The third kappa shape index (κ3) is 3.72. The molecule has 0 amide bonds. The van der Waals surface area contributed by atoms with E-state index < -0.39 is 10.0 Å². The molecule has 0 aliphatic rings. The van der Waals surface area contributed by atoms with Crippen molar-refractivity contribution in [3.63, 3.8) is 0 Å². The number of aryl methyl sites for hydroxylation is 1. The predicted molar refractivity (Wildman–Crippen MR) is 75.4 cm³/mol. The minimum absolute atomic E-state index is 0.534. The lowest BCUT2D eigenvalue weighted by Crippen LogP contribution is -2.12. The van der Waals surface area contributed by atoms with Crippen LogP contribution in [0.1, 0.15) is 5.69 Å². The smallest absolute Gasteiger partial charge is 0.229 e. The Morgan fingerprint density at radius 2 is 1.89 bits per heavy atom. The van der Waals surface area contributed by atoms with Gasteiger partial charge in [0.1, 0.15) is 0 Å². The maximum Gasteiger partial charge on any atom is 0.229 e. The van der Waals surface area contributed by atoms with Crippen molar-refractivity contribution in [2.75, 3.05) is 16.3 Å². The number of anilines is 2. The molecule has 0 bridgehead atoms. The minimum Gasteiger partial charge on any atom is -0.378 e. The van der Waals surface area contributed by atoms with Crippen molar-refractivity contribution in [2.24, 2.45) is 7.05 Å². The zero-order valence-corrected chi connectivity index (χ0v) is 11.6. The van der Waals surface area contributed by atoms with E-state index in [1.165, 1.54) is 0 Å². The van der Waals surface area contributed by atoms with Crippen LogP contribution in [-0.2, 0) is 23.6 Å². The summed E-state index contributed by atoms with van der Waals surface area (Å²) >= 11 is 0. The highest BCUT2D eigenvalue weighted by Gasteiger charge is 2.07. The number of nitrogens with zero attached hydrogens (tertiary/aromatic N) is 2. The van der Waals surface area contributed by atoms with Gasteiger partial charge in [-0.05, 0) is 18.2 Å². The molecule has 0 saturated heterocycles. The van der Waals surface area contributed by atoms with Crippen molar-refractivity contribution in [3.05, 3.63) is 42.2 Å². The lowest BCUT2D eigenvalue weighted by molar-refractivity contribution is 0.607. The van der Waals surface area contributed by atoms with Crippen molar-refractivity contribution in [2.45, 2.75) is 6.54 Å². The van der Waals surface area contributed by atoms with Gasteiger partial charge < -0.3 is 5.32 Å². The number of hydrogen-bond acceptors (Lipinski definition) is 4. The van der Waals surface area contributed by atoms with E-state index in [1.807, 2.05) is 25.2 Å². The first kappa shape index (κ1) is 13.4. The van der Waals surface area contributed by atoms with Gasteiger partial charge in [-0.1, -0.05) is 12.1 Å². The van der Waals surface area contributed by atoms with E-state index in [0.29, 0.717) is 12.2 Å². The van der Waals surface area contributed by atoms with E-state index >= 15 is 0 Å². The molecule has 19 heavy (non-hydrogen) atoms. The number of para-hydroxylation sites is 2. The van der Waals surface area contributed by atoms with E-state index in [2.05, 4.69) is 15.1 Å². The molecule has 0 atom stereocenters. The van der Waals surface area contributed by atoms with E-state index in [-0.39, 0.29) is 0 Å². The molecule has 0 radical (unpaired) electrons. The molecule has 2 N–H and O–H groups in total. The second-order valence-corrected chi connectivity index (χ2v) is 5.97. The van der Waals surface area contributed by atoms with Crippen LogP contribution in [0.2, 0.25) is 0 Å². The molecule has 6 nitrogen and oxygen atoms in total. The predicted octanol–water partition coefficient (Wildman–Crippen LogP) is 1.40. The number of aromatic nitrogens is 2. The summed E-state index contributed by atoms with van der Waals surface area (Å²) in [7, 11) is -1.43. The van der Waals surface area contributed by atoms with Crippen LogP contribution in [0, 0.1) is 0 Å². The fourth-order valence-corrected chi connectivity index (χ4v) is 2.26. The van der Waals surface area contributed by atoms with Crippen LogP contribution >= 0.6 is 0 Å². The quantitative estimate of drug-likeness (QED) is 0.868. The Balaban J connectivity index is 2.14. The number of benzene rings is 1. The maximum atomic E-state index is 11.3. The molecule has 102 valence electrons. The molecule has 1 heterocycles. The monoisotopic (exact) mass is 280 g/mol. The molecule has 0 aliphatic heterocycles. The van der Waals surface area contributed by atoms with E-state index in [9.17, 15) is 8.42 Å². The molecule has 2 rings (SSSR count). The van der Waals surface area contributed by atoms with Crippen LogP contribution in [0.3, 0.4) is 0 Å². The lowest BCUT2D eigenvalue weighted by atomic mass is 10.2. The van der Waals surface area contributed by atoms with Gasteiger partial charge in [-0.2, -0.15) is 5.10 Å². The average molecular weight is 280 g/mol. The Morgan fingerprint density at radius 3 is 2.47 bits per heavy atom. The van der Waals surface area contributed by atoms with Gasteiger partial charge in [0.2, 0.25) is 10.0 Å². The third-order valence-corrected chi connectivity index (χ3v) is 3.20. The van der Waals surface area contributed by atoms with Gasteiger partial charge in [0.05, 0.1) is 29.9 Å². The summed E-state index contributed by atoms with van der Waals surface area (Å²) in [5.41, 5.74) is 2.27. The molecule has 2 aromatic rings. The SMILES string of the molecule is Cn1nccc1CNc1ccccc1NS(C)(=O)=O. The highest BCUT2D eigenvalue weighted by molar-refractivity contribution is 7.92. The van der Waals surface area contributed by atoms with Crippen molar-refractivity contribution < 1.29 is 8.42 Å². The first-order valence-electron chi connectivity index (χ1n) is 5.73. The van der Waals surface area contributed by atoms with Crippen LogP contribution in [0.15, 0.2) is 36.5 Å². The van der Waals surface area contributed by atoms with Crippen LogP contribution in [0.5, 0.6) is 0 Å². The lowest BCUT2D eigenvalue weighted by Gasteiger charge is -2.12. The first-order chi connectivity index (χ1) is 8.96. The minimum atomic E-state index is -3.29. The van der Waals surface area contributed by atoms with Crippen molar-refractivity contribution in [1.29, 1.82) is 0 Å². The number of rotatable bonds is 5. The average Bonchev–Trinajstić information content (AvgIpc) is 2.72. The van der Waals surface area contributed by atoms with E-state index in [1.54, 1.807) is 23.0 Å². The highest BCUT2D eigenvalue weighted by Crippen LogP contribution is 2.22. The molecule has 0 saturated carbocycles. The summed E-state index contributed by atoms with van der Waals surface area (Å²) in [6.45, 7) is 0.568. The Bertz CT molecular complexity index is 664. The Morgan fingerprint density at radius 1 is 1.21 bits per heavy atom.